The van der Waals surface area contributed by atoms with Gasteiger partial charge in [0.1, 0.15) is 0 Å². The van der Waals surface area contributed by atoms with Crippen LogP contribution in [0.1, 0.15) is 36.3 Å². The van der Waals surface area contributed by atoms with Gasteiger partial charge >= 0.3 is 5.97 Å². The van der Waals surface area contributed by atoms with Gasteiger partial charge in [-0.1, -0.05) is 60.7 Å². The lowest BCUT2D eigenvalue weighted by Crippen LogP contribution is -2.44. The molecule has 0 saturated carbocycles. The highest BCUT2D eigenvalue weighted by molar-refractivity contribution is 5.89. The predicted octanol–water partition coefficient (Wildman–Crippen LogP) is 2.22. The molecule has 0 radical (unpaired) electrons. The molecule has 0 aliphatic heterocycles. The van der Waals surface area contributed by atoms with Gasteiger partial charge in [0, 0.05) is 12.8 Å². The molecular formula is C19H20N2O4. The van der Waals surface area contributed by atoms with Crippen molar-refractivity contribution in [2.24, 2.45) is 0 Å². The van der Waals surface area contributed by atoms with Crippen LogP contribution < -0.4 is 10.9 Å². The number of carbonyl (C=O) groups excluding carboxylic acids is 2. The Bertz CT molecular complexity index is 677. The van der Waals surface area contributed by atoms with Gasteiger partial charge in [-0.05, 0) is 17.5 Å². The molecule has 2 aromatic carbocycles. The summed E-state index contributed by atoms with van der Waals surface area (Å²) in [6, 6.07) is 18.6. The zero-order valence-corrected chi connectivity index (χ0v) is 13.6. The number of hydrogen-bond donors (Lipinski definition) is 3. The zero-order chi connectivity index (χ0) is 18.1. The van der Waals surface area contributed by atoms with Crippen molar-refractivity contribution < 1.29 is 19.5 Å². The third kappa shape index (κ3) is 5.76. The van der Waals surface area contributed by atoms with E-state index in [2.05, 4.69) is 10.9 Å². The highest BCUT2D eigenvalue weighted by atomic mass is 16.4. The molecule has 0 saturated heterocycles. The number of aliphatic carboxylic acids is 1. The summed E-state index contributed by atoms with van der Waals surface area (Å²) in [7, 11) is 0. The van der Waals surface area contributed by atoms with Crippen LogP contribution in [0.2, 0.25) is 0 Å². The quantitative estimate of drug-likeness (QED) is 0.674. The first-order valence-electron chi connectivity index (χ1n) is 7.98. The number of hydrogen-bond acceptors (Lipinski definition) is 3. The molecule has 0 aliphatic carbocycles. The number of carboxylic acid groups (broad SMARTS) is 1. The molecule has 0 atom stereocenters. The van der Waals surface area contributed by atoms with Crippen LogP contribution in [0, 0.1) is 0 Å². The first-order chi connectivity index (χ1) is 12.1. The van der Waals surface area contributed by atoms with E-state index in [1.807, 2.05) is 60.7 Å². The van der Waals surface area contributed by atoms with Crippen molar-refractivity contribution in [3.05, 3.63) is 71.8 Å². The molecule has 6 nitrogen and oxygen atoms in total. The lowest BCUT2D eigenvalue weighted by molar-refractivity contribution is -0.137. The molecule has 0 heterocycles. The van der Waals surface area contributed by atoms with E-state index < -0.39 is 17.8 Å². The third-order valence-corrected chi connectivity index (χ3v) is 3.65. The van der Waals surface area contributed by atoms with Crippen molar-refractivity contribution in [3.8, 4) is 0 Å². The second kappa shape index (κ2) is 9.22. The van der Waals surface area contributed by atoms with E-state index in [0.29, 0.717) is 0 Å². The summed E-state index contributed by atoms with van der Waals surface area (Å²) >= 11 is 0. The molecule has 6 heteroatoms. The smallest absolute Gasteiger partial charge is 0.303 e. The van der Waals surface area contributed by atoms with E-state index >= 15 is 0 Å². The van der Waals surface area contributed by atoms with Crippen molar-refractivity contribution in [1.29, 1.82) is 0 Å². The van der Waals surface area contributed by atoms with Gasteiger partial charge in [0.05, 0.1) is 5.92 Å². The molecule has 0 fully saturated rings. The summed E-state index contributed by atoms with van der Waals surface area (Å²) in [4.78, 5) is 34.8. The van der Waals surface area contributed by atoms with E-state index in [0.717, 1.165) is 11.1 Å². The normalized spacial score (nSPS) is 10.3. The molecule has 0 aromatic heterocycles. The summed E-state index contributed by atoms with van der Waals surface area (Å²) in [6.07, 6.45) is 0.170. The van der Waals surface area contributed by atoms with E-state index in [-0.39, 0.29) is 25.2 Å². The van der Waals surface area contributed by atoms with Gasteiger partial charge in [0.25, 0.3) is 0 Å². The molecule has 25 heavy (non-hydrogen) atoms. The standard InChI is InChI=1S/C19H20N2O4/c22-16(12-7-13-17(23)24)20-21-19(25)18(14-8-3-1-4-9-14)15-10-5-2-6-11-15/h1-6,8-11,18H,7,12-13H2,(H,20,22)(H,21,25)(H,23,24). The Morgan fingerprint density at radius 2 is 1.32 bits per heavy atom. The molecule has 0 bridgehead atoms. The number of hydrazine groups is 1. The third-order valence-electron chi connectivity index (χ3n) is 3.65. The second-order valence-electron chi connectivity index (χ2n) is 5.54. The molecule has 0 aliphatic rings. The number of amides is 2. The van der Waals surface area contributed by atoms with Crippen LogP contribution in [0.25, 0.3) is 0 Å². The van der Waals surface area contributed by atoms with Gasteiger partial charge in [-0.2, -0.15) is 0 Å². The van der Waals surface area contributed by atoms with Gasteiger partial charge in [-0.25, -0.2) is 0 Å². The van der Waals surface area contributed by atoms with Crippen LogP contribution in [0.4, 0.5) is 0 Å². The zero-order valence-electron chi connectivity index (χ0n) is 13.6. The van der Waals surface area contributed by atoms with Crippen LogP contribution >= 0.6 is 0 Å². The van der Waals surface area contributed by atoms with Crippen LogP contribution in [0.5, 0.6) is 0 Å². The number of benzene rings is 2. The van der Waals surface area contributed by atoms with Crippen LogP contribution in [0.3, 0.4) is 0 Å². The topological polar surface area (TPSA) is 95.5 Å². The lowest BCUT2D eigenvalue weighted by atomic mass is 9.91. The molecular weight excluding hydrogens is 320 g/mol. The SMILES string of the molecule is O=C(O)CCCC(=O)NNC(=O)C(c1ccccc1)c1ccccc1. The summed E-state index contributed by atoms with van der Waals surface area (Å²) in [5, 5.41) is 8.57. The van der Waals surface area contributed by atoms with E-state index in [1.165, 1.54) is 0 Å². The van der Waals surface area contributed by atoms with Crippen molar-refractivity contribution in [2.45, 2.75) is 25.2 Å². The molecule has 3 N–H and O–H groups in total. The summed E-state index contributed by atoms with van der Waals surface area (Å²) in [6.45, 7) is 0. The minimum absolute atomic E-state index is 0.0356. The average molecular weight is 340 g/mol. The monoisotopic (exact) mass is 340 g/mol. The van der Waals surface area contributed by atoms with Gasteiger partial charge in [0.2, 0.25) is 11.8 Å². The van der Waals surface area contributed by atoms with E-state index in [1.54, 1.807) is 0 Å². The van der Waals surface area contributed by atoms with Crippen molar-refractivity contribution in [2.75, 3.05) is 0 Å². The van der Waals surface area contributed by atoms with Gasteiger partial charge < -0.3 is 5.11 Å². The van der Waals surface area contributed by atoms with Gasteiger partial charge in [0.15, 0.2) is 0 Å². The fourth-order valence-corrected chi connectivity index (χ4v) is 2.45. The Balaban J connectivity index is 2.02. The Labute approximate surface area is 145 Å². The average Bonchev–Trinajstić information content (AvgIpc) is 2.62. The fraction of sp³-hybridized carbons (Fsp3) is 0.211. The van der Waals surface area contributed by atoms with Crippen LogP contribution in [0.15, 0.2) is 60.7 Å². The Kier molecular flexibility index (Phi) is 6.71. The van der Waals surface area contributed by atoms with Gasteiger partial charge in [-0.15, -0.1) is 0 Å². The Morgan fingerprint density at radius 1 is 0.800 bits per heavy atom. The first-order valence-corrected chi connectivity index (χ1v) is 7.98. The summed E-state index contributed by atoms with van der Waals surface area (Å²) in [5.41, 5.74) is 6.40. The largest absolute Gasteiger partial charge is 0.481 e. The van der Waals surface area contributed by atoms with Crippen LogP contribution in [-0.4, -0.2) is 22.9 Å². The number of nitrogens with one attached hydrogen (secondary N) is 2. The second-order valence-corrected chi connectivity index (χ2v) is 5.54. The highest BCUT2D eigenvalue weighted by Gasteiger charge is 2.22. The number of carbonyl (C=O) groups is 3. The molecule has 2 rings (SSSR count). The lowest BCUT2D eigenvalue weighted by Gasteiger charge is -2.18. The molecule has 130 valence electrons. The molecule has 2 aromatic rings. The van der Waals surface area contributed by atoms with Crippen LogP contribution in [-0.2, 0) is 14.4 Å². The maximum Gasteiger partial charge on any atom is 0.303 e. The molecule has 0 unspecified atom stereocenters. The maximum absolute atomic E-state index is 12.6. The number of rotatable bonds is 7. The van der Waals surface area contributed by atoms with E-state index in [4.69, 9.17) is 5.11 Å². The maximum atomic E-state index is 12.6. The minimum atomic E-state index is -0.954. The number of carboxylic acids is 1. The van der Waals surface area contributed by atoms with Crippen molar-refractivity contribution in [1.82, 2.24) is 10.9 Å². The molecule has 2 amide bonds. The van der Waals surface area contributed by atoms with Crippen molar-refractivity contribution >= 4 is 17.8 Å². The predicted molar refractivity (Wildman–Crippen MR) is 92.5 cm³/mol. The first kappa shape index (κ1) is 18.2. The summed E-state index contributed by atoms with van der Waals surface area (Å²) < 4.78 is 0. The van der Waals surface area contributed by atoms with Gasteiger partial charge in [-0.3, -0.25) is 25.2 Å². The van der Waals surface area contributed by atoms with E-state index in [9.17, 15) is 14.4 Å². The minimum Gasteiger partial charge on any atom is -0.481 e. The Hall–Kier alpha value is -3.15. The summed E-state index contributed by atoms with van der Waals surface area (Å²) in [5.74, 6) is -2.29. The highest BCUT2D eigenvalue weighted by Crippen LogP contribution is 2.24. The Morgan fingerprint density at radius 3 is 1.80 bits per heavy atom. The fourth-order valence-electron chi connectivity index (χ4n) is 2.45. The molecule has 0 spiro atoms. The van der Waals surface area contributed by atoms with Crippen molar-refractivity contribution in [3.63, 3.8) is 0 Å².